The van der Waals surface area contributed by atoms with Crippen molar-refractivity contribution in [3.05, 3.63) is 36.0 Å². The van der Waals surface area contributed by atoms with Gasteiger partial charge in [0, 0.05) is 24.5 Å². The molecule has 1 saturated heterocycles. The SMILES string of the molecule is COc1ccc2nccc(C(F)CC[C@@H]3CCN(CCC4CCC4)C[C@@H]3CCC(=O)O)c2c1. The van der Waals surface area contributed by atoms with E-state index in [2.05, 4.69) is 9.88 Å². The van der Waals surface area contributed by atoms with E-state index in [-0.39, 0.29) is 6.42 Å². The number of alkyl halides is 1. The Balaban J connectivity index is 1.38. The number of hydrogen-bond acceptors (Lipinski definition) is 4. The number of rotatable bonds is 11. The minimum absolute atomic E-state index is 0.200. The number of aromatic nitrogens is 1. The average molecular weight is 457 g/mol. The Labute approximate surface area is 196 Å². The van der Waals surface area contributed by atoms with Gasteiger partial charge >= 0.3 is 5.97 Å². The molecule has 0 spiro atoms. The van der Waals surface area contributed by atoms with Crippen molar-refractivity contribution < 1.29 is 19.0 Å². The van der Waals surface area contributed by atoms with E-state index in [1.54, 1.807) is 19.4 Å². The third kappa shape index (κ3) is 6.23. The number of hydrogen-bond donors (Lipinski definition) is 1. The molecule has 1 unspecified atom stereocenters. The van der Waals surface area contributed by atoms with E-state index in [0.29, 0.717) is 36.0 Å². The number of aliphatic carboxylic acids is 1. The van der Waals surface area contributed by atoms with Crippen LogP contribution in [0.3, 0.4) is 0 Å². The van der Waals surface area contributed by atoms with Gasteiger partial charge in [0.25, 0.3) is 0 Å². The van der Waals surface area contributed by atoms with Gasteiger partial charge in [0.05, 0.1) is 12.6 Å². The highest BCUT2D eigenvalue weighted by molar-refractivity contribution is 5.83. The number of methoxy groups -OCH3 is 1. The van der Waals surface area contributed by atoms with Crippen molar-refractivity contribution in [3.8, 4) is 5.75 Å². The van der Waals surface area contributed by atoms with E-state index in [9.17, 15) is 9.90 Å². The van der Waals surface area contributed by atoms with Gasteiger partial charge in [-0.1, -0.05) is 19.3 Å². The van der Waals surface area contributed by atoms with Crippen LogP contribution in [0.15, 0.2) is 30.5 Å². The van der Waals surface area contributed by atoms with Crippen molar-refractivity contribution in [2.75, 3.05) is 26.7 Å². The topological polar surface area (TPSA) is 62.7 Å². The summed E-state index contributed by atoms with van der Waals surface area (Å²) in [7, 11) is 1.61. The molecule has 4 rings (SSSR count). The van der Waals surface area contributed by atoms with Crippen molar-refractivity contribution in [2.24, 2.45) is 17.8 Å². The molecule has 1 aromatic heterocycles. The fourth-order valence-corrected chi connectivity index (χ4v) is 5.58. The normalized spacial score (nSPS) is 22.7. The third-order valence-electron chi connectivity index (χ3n) is 7.89. The molecule has 1 aliphatic carbocycles. The molecule has 2 aromatic rings. The Morgan fingerprint density at radius 3 is 2.79 bits per heavy atom. The maximum absolute atomic E-state index is 15.5. The van der Waals surface area contributed by atoms with Gasteiger partial charge in [0.15, 0.2) is 0 Å². The quantitative estimate of drug-likeness (QED) is 0.447. The van der Waals surface area contributed by atoms with E-state index in [4.69, 9.17) is 4.74 Å². The first-order chi connectivity index (χ1) is 16.0. The summed E-state index contributed by atoms with van der Waals surface area (Å²) >= 11 is 0. The molecule has 3 atom stereocenters. The Bertz CT molecular complexity index is 933. The number of piperidine rings is 1. The number of benzene rings is 1. The first kappa shape index (κ1) is 23.9. The number of likely N-dealkylation sites (tertiary alicyclic amines) is 1. The van der Waals surface area contributed by atoms with Gasteiger partial charge in [-0.25, -0.2) is 4.39 Å². The lowest BCUT2D eigenvalue weighted by atomic mass is 9.78. The van der Waals surface area contributed by atoms with E-state index in [0.717, 1.165) is 49.3 Å². The van der Waals surface area contributed by atoms with E-state index in [1.165, 1.54) is 25.7 Å². The molecule has 5 nitrogen and oxygen atoms in total. The zero-order valence-corrected chi connectivity index (χ0v) is 19.7. The second-order valence-electron chi connectivity index (χ2n) is 9.96. The summed E-state index contributed by atoms with van der Waals surface area (Å²) in [5.41, 5.74) is 1.44. The second-order valence-corrected chi connectivity index (χ2v) is 9.96. The zero-order chi connectivity index (χ0) is 23.2. The second kappa shape index (κ2) is 11.3. The van der Waals surface area contributed by atoms with Gasteiger partial charge in [0.2, 0.25) is 0 Å². The Hall–Kier alpha value is -2.21. The Kier molecular flexibility index (Phi) is 8.18. The molecule has 0 bridgehead atoms. The molecule has 1 N–H and O–H groups in total. The Morgan fingerprint density at radius 1 is 1.21 bits per heavy atom. The van der Waals surface area contributed by atoms with Crippen molar-refractivity contribution in [2.45, 2.75) is 64.0 Å². The van der Waals surface area contributed by atoms with Gasteiger partial charge in [-0.15, -0.1) is 0 Å². The van der Waals surface area contributed by atoms with Crippen molar-refractivity contribution in [1.82, 2.24) is 9.88 Å². The zero-order valence-electron chi connectivity index (χ0n) is 19.7. The number of ether oxygens (including phenoxy) is 1. The molecule has 2 fully saturated rings. The first-order valence-corrected chi connectivity index (χ1v) is 12.5. The average Bonchev–Trinajstić information content (AvgIpc) is 2.80. The van der Waals surface area contributed by atoms with Gasteiger partial charge < -0.3 is 14.7 Å². The summed E-state index contributed by atoms with van der Waals surface area (Å²) in [5.74, 6) is 1.57. The number of nitrogens with zero attached hydrogens (tertiary/aromatic N) is 2. The summed E-state index contributed by atoms with van der Waals surface area (Å²) < 4.78 is 20.8. The molecule has 1 aliphatic heterocycles. The highest BCUT2D eigenvalue weighted by Crippen LogP contribution is 2.37. The van der Waals surface area contributed by atoms with Gasteiger partial charge in [-0.3, -0.25) is 9.78 Å². The maximum Gasteiger partial charge on any atom is 0.303 e. The first-order valence-electron chi connectivity index (χ1n) is 12.5. The van der Waals surface area contributed by atoms with E-state index in [1.807, 2.05) is 18.2 Å². The molecular weight excluding hydrogens is 419 g/mol. The van der Waals surface area contributed by atoms with Crippen LogP contribution in [-0.4, -0.2) is 47.7 Å². The molecule has 1 aromatic carbocycles. The smallest absolute Gasteiger partial charge is 0.303 e. The van der Waals surface area contributed by atoms with Crippen LogP contribution in [-0.2, 0) is 4.79 Å². The summed E-state index contributed by atoms with van der Waals surface area (Å²) in [6.45, 7) is 3.13. The molecule has 0 radical (unpaired) electrons. The number of pyridine rings is 1. The minimum Gasteiger partial charge on any atom is -0.497 e. The largest absolute Gasteiger partial charge is 0.497 e. The number of carboxylic acid groups (broad SMARTS) is 1. The molecule has 33 heavy (non-hydrogen) atoms. The maximum atomic E-state index is 15.5. The van der Waals surface area contributed by atoms with Crippen LogP contribution < -0.4 is 4.74 Å². The summed E-state index contributed by atoms with van der Waals surface area (Å²) in [6.07, 6.45) is 9.14. The minimum atomic E-state index is -1.07. The van der Waals surface area contributed by atoms with Crippen LogP contribution in [0.1, 0.15) is 69.5 Å². The van der Waals surface area contributed by atoms with E-state index >= 15 is 4.39 Å². The molecule has 180 valence electrons. The van der Waals surface area contributed by atoms with Gasteiger partial charge in [-0.05, 0) is 92.8 Å². The molecule has 1 saturated carbocycles. The van der Waals surface area contributed by atoms with Gasteiger partial charge in [0.1, 0.15) is 11.9 Å². The fourth-order valence-electron chi connectivity index (χ4n) is 5.58. The third-order valence-corrected chi connectivity index (χ3v) is 7.89. The predicted octanol–water partition coefficient (Wildman–Crippen LogP) is 6.03. The van der Waals surface area contributed by atoms with Crippen LogP contribution in [0.5, 0.6) is 5.75 Å². The van der Waals surface area contributed by atoms with Gasteiger partial charge in [-0.2, -0.15) is 0 Å². The van der Waals surface area contributed by atoms with Crippen molar-refractivity contribution in [3.63, 3.8) is 0 Å². The van der Waals surface area contributed by atoms with Crippen LogP contribution in [0, 0.1) is 17.8 Å². The fraction of sp³-hybridized carbons (Fsp3) is 0.630. The summed E-state index contributed by atoms with van der Waals surface area (Å²) in [5, 5.41) is 10.0. The van der Waals surface area contributed by atoms with Crippen LogP contribution >= 0.6 is 0 Å². The van der Waals surface area contributed by atoms with Crippen molar-refractivity contribution in [1.29, 1.82) is 0 Å². The summed E-state index contributed by atoms with van der Waals surface area (Å²) in [6, 6.07) is 7.35. The number of halogens is 1. The number of carboxylic acids is 1. The van der Waals surface area contributed by atoms with Crippen LogP contribution in [0.4, 0.5) is 4.39 Å². The molecule has 2 aliphatic rings. The van der Waals surface area contributed by atoms with Crippen molar-refractivity contribution >= 4 is 16.9 Å². The predicted molar refractivity (Wildman–Crippen MR) is 128 cm³/mol. The molecule has 2 heterocycles. The monoisotopic (exact) mass is 456 g/mol. The van der Waals surface area contributed by atoms with Crippen LogP contribution in [0.2, 0.25) is 0 Å². The number of fused-ring (bicyclic) bond motifs is 1. The standard InChI is InChI=1S/C27H37FN2O3/c1-33-22-7-9-26-24(17-22)23(11-14-29-26)25(28)8-5-20-13-16-30(15-12-19-3-2-4-19)18-21(20)6-10-27(31)32/h7,9,11,14,17,19-21,25H,2-6,8,10,12-13,15-16,18H2,1H3,(H,31,32)/t20-,21+,25?/m1/s1. The highest BCUT2D eigenvalue weighted by Gasteiger charge is 2.31. The Morgan fingerprint density at radius 2 is 2.06 bits per heavy atom. The lowest BCUT2D eigenvalue weighted by molar-refractivity contribution is -0.137. The van der Waals surface area contributed by atoms with E-state index < -0.39 is 12.1 Å². The molecule has 0 amide bonds. The number of carbonyl (C=O) groups is 1. The van der Waals surface area contributed by atoms with Crippen LogP contribution in [0.25, 0.3) is 10.9 Å². The molecule has 6 heteroatoms. The lowest BCUT2D eigenvalue weighted by Crippen LogP contribution is -2.41. The molecular formula is C27H37FN2O3. The lowest BCUT2D eigenvalue weighted by Gasteiger charge is -2.40. The summed E-state index contributed by atoms with van der Waals surface area (Å²) in [4.78, 5) is 18.1. The highest BCUT2D eigenvalue weighted by atomic mass is 19.1.